The maximum absolute atomic E-state index is 12.0. The molecule has 2 aromatic rings. The fraction of sp³-hybridized carbons (Fsp3) is 0.412. The number of carbonyl (C=O) groups is 2. The largest absolute Gasteiger partial charge is 0.341 e. The van der Waals surface area contributed by atoms with Crippen molar-refractivity contribution in [2.45, 2.75) is 25.3 Å². The summed E-state index contributed by atoms with van der Waals surface area (Å²) in [4.78, 5) is 29.8. The van der Waals surface area contributed by atoms with Crippen LogP contribution in [0.4, 0.5) is 4.79 Å². The van der Waals surface area contributed by atoms with Crippen molar-refractivity contribution in [2.24, 2.45) is 0 Å². The first kappa shape index (κ1) is 17.1. The van der Waals surface area contributed by atoms with Gasteiger partial charge in [0.1, 0.15) is 0 Å². The molecule has 132 valence electrons. The molecular weight excluding hydrogens is 322 g/mol. The van der Waals surface area contributed by atoms with E-state index in [1.807, 2.05) is 35.2 Å². The van der Waals surface area contributed by atoms with Crippen LogP contribution in [0.25, 0.3) is 11.4 Å². The summed E-state index contributed by atoms with van der Waals surface area (Å²) in [6.45, 7) is 0.857. The quantitative estimate of drug-likeness (QED) is 0.877. The summed E-state index contributed by atoms with van der Waals surface area (Å²) in [5.41, 5.74) is 0.886. The van der Waals surface area contributed by atoms with E-state index in [-0.39, 0.29) is 18.5 Å². The topological polar surface area (TPSA) is 100 Å². The molecule has 1 fully saturated rings. The van der Waals surface area contributed by atoms with E-state index in [0.29, 0.717) is 11.7 Å². The lowest BCUT2D eigenvalue weighted by Gasteiger charge is -2.32. The number of carbonyl (C=O) groups excluding carboxylic acids is 2. The van der Waals surface area contributed by atoms with Crippen LogP contribution in [0, 0.1) is 0 Å². The first-order valence-corrected chi connectivity index (χ1v) is 8.32. The SMILES string of the molecule is CNC(=O)NC(=O)CN1CCCCC1c1nc(-c2ccccc2)no1. The van der Waals surface area contributed by atoms with Gasteiger partial charge >= 0.3 is 6.03 Å². The van der Waals surface area contributed by atoms with E-state index in [1.54, 1.807) is 0 Å². The number of piperidine rings is 1. The van der Waals surface area contributed by atoms with Gasteiger partial charge in [-0.1, -0.05) is 41.9 Å². The maximum Gasteiger partial charge on any atom is 0.321 e. The Morgan fingerprint density at radius 3 is 2.84 bits per heavy atom. The number of hydrogen-bond donors (Lipinski definition) is 2. The van der Waals surface area contributed by atoms with Gasteiger partial charge in [0.15, 0.2) is 0 Å². The summed E-state index contributed by atoms with van der Waals surface area (Å²) >= 11 is 0. The Labute approximate surface area is 145 Å². The molecule has 0 saturated carbocycles. The second kappa shape index (κ2) is 7.89. The zero-order chi connectivity index (χ0) is 17.6. The fourth-order valence-electron chi connectivity index (χ4n) is 2.95. The number of amides is 3. The minimum absolute atomic E-state index is 0.112. The minimum Gasteiger partial charge on any atom is -0.341 e. The molecule has 25 heavy (non-hydrogen) atoms. The van der Waals surface area contributed by atoms with Gasteiger partial charge in [0.25, 0.3) is 0 Å². The standard InChI is InChI=1S/C17H21N5O3/c1-18-17(24)19-14(23)11-22-10-6-5-9-13(22)16-20-15(21-25-16)12-7-3-2-4-8-12/h2-4,7-8,13H,5-6,9-11H2,1H3,(H2,18,19,23,24). The molecule has 1 atom stereocenters. The molecule has 2 heterocycles. The molecule has 0 bridgehead atoms. The third kappa shape index (κ3) is 4.21. The summed E-state index contributed by atoms with van der Waals surface area (Å²) in [6.07, 6.45) is 2.86. The van der Waals surface area contributed by atoms with Crippen LogP contribution in [0.2, 0.25) is 0 Å². The molecule has 2 N–H and O–H groups in total. The van der Waals surface area contributed by atoms with Gasteiger partial charge in [-0.3, -0.25) is 15.0 Å². The van der Waals surface area contributed by atoms with Crippen molar-refractivity contribution in [2.75, 3.05) is 20.1 Å². The average Bonchev–Trinajstić information content (AvgIpc) is 3.12. The highest BCUT2D eigenvalue weighted by atomic mass is 16.5. The molecular formula is C17H21N5O3. The zero-order valence-electron chi connectivity index (χ0n) is 14.1. The Hall–Kier alpha value is -2.74. The molecule has 1 aliphatic heterocycles. The summed E-state index contributed by atoms with van der Waals surface area (Å²) in [5, 5.41) is 8.71. The molecule has 0 spiro atoms. The van der Waals surface area contributed by atoms with Crippen LogP contribution in [-0.2, 0) is 4.79 Å². The lowest BCUT2D eigenvalue weighted by molar-refractivity contribution is -0.122. The molecule has 1 aromatic heterocycles. The van der Waals surface area contributed by atoms with E-state index in [0.717, 1.165) is 31.4 Å². The van der Waals surface area contributed by atoms with E-state index in [9.17, 15) is 9.59 Å². The molecule has 1 unspecified atom stereocenters. The molecule has 8 heteroatoms. The van der Waals surface area contributed by atoms with Crippen LogP contribution in [0.1, 0.15) is 31.2 Å². The van der Waals surface area contributed by atoms with Gasteiger partial charge in [0, 0.05) is 12.6 Å². The Morgan fingerprint density at radius 1 is 1.28 bits per heavy atom. The third-order valence-electron chi connectivity index (χ3n) is 4.20. The second-order valence-corrected chi connectivity index (χ2v) is 5.93. The van der Waals surface area contributed by atoms with Crippen molar-refractivity contribution in [1.82, 2.24) is 25.7 Å². The van der Waals surface area contributed by atoms with Crippen molar-refractivity contribution in [1.29, 1.82) is 0 Å². The molecule has 3 amide bonds. The van der Waals surface area contributed by atoms with Crippen molar-refractivity contribution in [3.8, 4) is 11.4 Å². The number of urea groups is 1. The van der Waals surface area contributed by atoms with E-state index in [4.69, 9.17) is 4.52 Å². The molecule has 1 aromatic carbocycles. The van der Waals surface area contributed by atoms with Crippen LogP contribution in [0.5, 0.6) is 0 Å². The minimum atomic E-state index is -0.511. The highest BCUT2D eigenvalue weighted by Crippen LogP contribution is 2.30. The summed E-state index contributed by atoms with van der Waals surface area (Å²) in [6, 6.07) is 8.98. The van der Waals surface area contributed by atoms with Gasteiger partial charge in [-0.2, -0.15) is 4.98 Å². The van der Waals surface area contributed by atoms with Crippen LogP contribution < -0.4 is 10.6 Å². The maximum atomic E-state index is 12.0. The van der Waals surface area contributed by atoms with Crippen LogP contribution in [0.3, 0.4) is 0 Å². The fourth-order valence-corrected chi connectivity index (χ4v) is 2.95. The Morgan fingerprint density at radius 2 is 2.08 bits per heavy atom. The van der Waals surface area contributed by atoms with Crippen molar-refractivity contribution in [3.05, 3.63) is 36.2 Å². The summed E-state index contributed by atoms with van der Waals surface area (Å²) in [5.74, 6) is 0.691. The third-order valence-corrected chi connectivity index (χ3v) is 4.20. The Bertz CT molecular complexity index is 731. The number of nitrogens with one attached hydrogen (secondary N) is 2. The molecule has 1 aliphatic rings. The summed E-state index contributed by atoms with van der Waals surface area (Å²) < 4.78 is 5.46. The lowest BCUT2D eigenvalue weighted by Crippen LogP contribution is -2.45. The first-order valence-electron chi connectivity index (χ1n) is 8.32. The Kier molecular flexibility index (Phi) is 5.39. The summed E-state index contributed by atoms with van der Waals surface area (Å²) in [7, 11) is 1.47. The molecule has 0 aliphatic carbocycles. The molecule has 0 radical (unpaired) electrons. The Balaban J connectivity index is 1.72. The number of hydrogen-bond acceptors (Lipinski definition) is 6. The number of imide groups is 1. The lowest BCUT2D eigenvalue weighted by atomic mass is 10.0. The van der Waals surface area contributed by atoms with Gasteiger partial charge < -0.3 is 9.84 Å². The monoisotopic (exact) mass is 343 g/mol. The number of likely N-dealkylation sites (tertiary alicyclic amines) is 1. The first-order chi connectivity index (χ1) is 12.2. The van der Waals surface area contributed by atoms with Gasteiger partial charge in [-0.25, -0.2) is 4.79 Å². The normalized spacial score (nSPS) is 17.9. The van der Waals surface area contributed by atoms with Gasteiger partial charge in [-0.05, 0) is 19.4 Å². The predicted octanol–water partition coefficient (Wildman–Crippen LogP) is 1.72. The van der Waals surface area contributed by atoms with Crippen LogP contribution in [-0.4, -0.2) is 47.1 Å². The number of rotatable bonds is 4. The van der Waals surface area contributed by atoms with E-state index in [1.165, 1.54) is 7.05 Å². The van der Waals surface area contributed by atoms with Crippen LogP contribution >= 0.6 is 0 Å². The number of benzene rings is 1. The van der Waals surface area contributed by atoms with Crippen molar-refractivity contribution in [3.63, 3.8) is 0 Å². The average molecular weight is 343 g/mol. The van der Waals surface area contributed by atoms with Crippen molar-refractivity contribution >= 4 is 11.9 Å². The zero-order valence-corrected chi connectivity index (χ0v) is 14.1. The highest BCUT2D eigenvalue weighted by molar-refractivity contribution is 5.95. The van der Waals surface area contributed by atoms with Crippen molar-refractivity contribution < 1.29 is 14.1 Å². The van der Waals surface area contributed by atoms with Gasteiger partial charge in [0.2, 0.25) is 17.6 Å². The number of nitrogens with zero attached hydrogens (tertiary/aromatic N) is 3. The molecule has 3 rings (SSSR count). The molecule has 8 nitrogen and oxygen atoms in total. The van der Waals surface area contributed by atoms with E-state index < -0.39 is 6.03 Å². The highest BCUT2D eigenvalue weighted by Gasteiger charge is 2.30. The predicted molar refractivity (Wildman–Crippen MR) is 90.5 cm³/mol. The molecule has 1 saturated heterocycles. The number of aromatic nitrogens is 2. The second-order valence-electron chi connectivity index (χ2n) is 5.93. The van der Waals surface area contributed by atoms with E-state index >= 15 is 0 Å². The van der Waals surface area contributed by atoms with Crippen LogP contribution in [0.15, 0.2) is 34.9 Å². The van der Waals surface area contributed by atoms with Gasteiger partial charge in [0.05, 0.1) is 12.6 Å². The smallest absolute Gasteiger partial charge is 0.321 e. The van der Waals surface area contributed by atoms with Gasteiger partial charge in [-0.15, -0.1) is 0 Å². The van der Waals surface area contributed by atoms with E-state index in [2.05, 4.69) is 20.8 Å².